The normalized spacial score (nSPS) is 12.1. The van der Waals surface area contributed by atoms with Crippen LogP contribution in [0.25, 0.3) is 10.9 Å². The van der Waals surface area contributed by atoms with E-state index in [0.29, 0.717) is 0 Å². The Kier molecular flexibility index (Phi) is 8.44. The van der Waals surface area contributed by atoms with E-state index in [1.54, 1.807) is 7.11 Å². The molecule has 0 amide bonds. The summed E-state index contributed by atoms with van der Waals surface area (Å²) in [6.07, 6.45) is 4.13. The van der Waals surface area contributed by atoms with Crippen LogP contribution in [-0.4, -0.2) is 69.8 Å². The van der Waals surface area contributed by atoms with E-state index in [9.17, 15) is 0 Å². The molecule has 1 aromatic heterocycles. The minimum atomic E-state index is 0.814. The topological polar surface area (TPSA) is 64.7 Å². The minimum absolute atomic E-state index is 0.814. The van der Waals surface area contributed by atoms with Crippen molar-refractivity contribution >= 4 is 16.9 Å². The molecule has 0 unspecified atom stereocenters. The zero-order valence-electron chi connectivity index (χ0n) is 16.6. The van der Waals surface area contributed by atoms with Crippen molar-refractivity contribution in [2.45, 2.75) is 19.8 Å². The summed E-state index contributed by atoms with van der Waals surface area (Å²) in [6.45, 7) is 6.67. The van der Waals surface area contributed by atoms with Crippen LogP contribution in [0.3, 0.4) is 0 Å². The molecule has 0 fully saturated rings. The van der Waals surface area contributed by atoms with E-state index in [-0.39, 0.29) is 0 Å². The van der Waals surface area contributed by atoms with Gasteiger partial charge in [0.05, 0.1) is 0 Å². The number of aryl methyl sites for hydroxylation is 1. The number of nitrogens with zero attached hydrogens (tertiary/aromatic N) is 2. The number of guanidine groups is 1. The fourth-order valence-electron chi connectivity index (χ4n) is 3.00. The number of ether oxygens (including phenoxy) is 1. The summed E-state index contributed by atoms with van der Waals surface area (Å²) in [7, 11) is 5.69. The number of benzene rings is 1. The van der Waals surface area contributed by atoms with E-state index in [1.807, 2.05) is 7.05 Å². The first kappa shape index (κ1) is 20.3. The van der Waals surface area contributed by atoms with Gasteiger partial charge in [0.1, 0.15) is 0 Å². The van der Waals surface area contributed by atoms with Gasteiger partial charge < -0.3 is 25.3 Å². The number of rotatable bonds is 10. The summed E-state index contributed by atoms with van der Waals surface area (Å²) >= 11 is 0. The molecule has 1 aromatic carbocycles. The van der Waals surface area contributed by atoms with Gasteiger partial charge in [0.2, 0.25) is 0 Å². The second-order valence-electron chi connectivity index (χ2n) is 6.69. The number of likely N-dealkylation sites (N-methyl/N-ethyl adjacent to an activating group) is 1. The lowest BCUT2D eigenvalue weighted by Crippen LogP contribution is -2.41. The molecular weight excluding hydrogens is 326 g/mol. The molecule has 0 aliphatic rings. The molecule has 0 saturated heterocycles. The molecule has 144 valence electrons. The van der Waals surface area contributed by atoms with Crippen LogP contribution >= 0.6 is 0 Å². The predicted molar refractivity (Wildman–Crippen MR) is 110 cm³/mol. The van der Waals surface area contributed by atoms with Gasteiger partial charge in [-0.25, -0.2) is 0 Å². The summed E-state index contributed by atoms with van der Waals surface area (Å²) in [5, 5.41) is 8.07. The number of methoxy groups -OCH3 is 1. The first-order chi connectivity index (χ1) is 12.6. The molecule has 2 rings (SSSR count). The lowest BCUT2D eigenvalue weighted by Gasteiger charge is -2.18. The average Bonchev–Trinajstić information content (AvgIpc) is 3.02. The van der Waals surface area contributed by atoms with Gasteiger partial charge in [-0.05, 0) is 44.0 Å². The van der Waals surface area contributed by atoms with E-state index in [0.717, 1.165) is 51.6 Å². The second kappa shape index (κ2) is 10.8. The molecule has 6 heteroatoms. The molecule has 1 heterocycles. The molecule has 0 aliphatic heterocycles. The maximum absolute atomic E-state index is 5.09. The average molecular weight is 360 g/mol. The van der Waals surface area contributed by atoms with Gasteiger partial charge >= 0.3 is 0 Å². The summed E-state index contributed by atoms with van der Waals surface area (Å²) in [6, 6.07) is 6.55. The van der Waals surface area contributed by atoms with Gasteiger partial charge in [0, 0.05) is 64.0 Å². The lowest BCUT2D eigenvalue weighted by molar-refractivity contribution is 0.180. The van der Waals surface area contributed by atoms with E-state index in [1.165, 1.54) is 22.0 Å². The third-order valence-electron chi connectivity index (χ3n) is 4.51. The van der Waals surface area contributed by atoms with Crippen LogP contribution in [0.1, 0.15) is 17.5 Å². The highest BCUT2D eigenvalue weighted by Crippen LogP contribution is 2.19. The van der Waals surface area contributed by atoms with E-state index >= 15 is 0 Å². The van der Waals surface area contributed by atoms with Gasteiger partial charge in [-0.15, -0.1) is 0 Å². The van der Waals surface area contributed by atoms with Crippen molar-refractivity contribution in [1.82, 2.24) is 20.5 Å². The summed E-state index contributed by atoms with van der Waals surface area (Å²) in [5.41, 5.74) is 3.82. The lowest BCUT2D eigenvalue weighted by atomic mass is 10.1. The maximum Gasteiger partial charge on any atom is 0.191 e. The summed E-state index contributed by atoms with van der Waals surface area (Å²) in [5.74, 6) is 0.853. The maximum atomic E-state index is 5.09. The smallest absolute Gasteiger partial charge is 0.191 e. The van der Waals surface area contributed by atoms with Gasteiger partial charge in [-0.1, -0.05) is 12.1 Å². The Morgan fingerprint density at radius 1 is 1.23 bits per heavy atom. The molecule has 6 nitrogen and oxygen atoms in total. The second-order valence-corrected chi connectivity index (χ2v) is 6.69. The number of hydrogen-bond donors (Lipinski definition) is 3. The molecule has 2 aromatic rings. The van der Waals surface area contributed by atoms with E-state index in [4.69, 9.17) is 4.74 Å². The van der Waals surface area contributed by atoms with Crippen LogP contribution < -0.4 is 10.6 Å². The van der Waals surface area contributed by atoms with Crippen molar-refractivity contribution in [3.8, 4) is 0 Å². The first-order valence-corrected chi connectivity index (χ1v) is 9.32. The largest absolute Gasteiger partial charge is 0.385 e. The van der Waals surface area contributed by atoms with Crippen molar-refractivity contribution in [1.29, 1.82) is 0 Å². The quantitative estimate of drug-likeness (QED) is 0.346. The molecule has 0 saturated carbocycles. The highest BCUT2D eigenvalue weighted by atomic mass is 16.5. The van der Waals surface area contributed by atoms with Crippen LogP contribution in [0.2, 0.25) is 0 Å². The highest BCUT2D eigenvalue weighted by Gasteiger charge is 2.05. The van der Waals surface area contributed by atoms with Crippen molar-refractivity contribution in [3.05, 3.63) is 35.5 Å². The van der Waals surface area contributed by atoms with Crippen molar-refractivity contribution in [2.24, 2.45) is 4.99 Å². The first-order valence-electron chi connectivity index (χ1n) is 9.32. The predicted octanol–water partition coefficient (Wildman–Crippen LogP) is 2.15. The molecule has 0 bridgehead atoms. The Labute approximate surface area is 157 Å². The molecule has 0 atom stereocenters. The molecule has 0 aliphatic carbocycles. The summed E-state index contributed by atoms with van der Waals surface area (Å²) < 4.78 is 5.09. The standard InChI is InChI=1S/C20H33N5O/c1-16-6-7-18-17(15-24-19(18)14-16)8-9-22-20(21-2)23-10-12-25(3)11-5-13-26-4/h6-7,14-15,24H,5,8-13H2,1-4H3,(H2,21,22,23). The Morgan fingerprint density at radius 3 is 2.81 bits per heavy atom. The molecule has 3 N–H and O–H groups in total. The summed E-state index contributed by atoms with van der Waals surface area (Å²) in [4.78, 5) is 9.96. The number of fused-ring (bicyclic) bond motifs is 1. The Hall–Kier alpha value is -2.05. The van der Waals surface area contributed by atoms with Gasteiger partial charge in [0.25, 0.3) is 0 Å². The van der Waals surface area contributed by atoms with E-state index < -0.39 is 0 Å². The van der Waals surface area contributed by atoms with Crippen LogP contribution in [0.4, 0.5) is 0 Å². The van der Waals surface area contributed by atoms with Gasteiger partial charge in [0.15, 0.2) is 5.96 Å². The third kappa shape index (κ3) is 6.35. The molecule has 0 spiro atoms. The zero-order valence-corrected chi connectivity index (χ0v) is 16.6. The van der Waals surface area contributed by atoms with Crippen LogP contribution in [-0.2, 0) is 11.2 Å². The van der Waals surface area contributed by atoms with E-state index in [2.05, 4.69) is 63.9 Å². The fraction of sp³-hybridized carbons (Fsp3) is 0.550. The third-order valence-corrected chi connectivity index (χ3v) is 4.51. The molecular formula is C20H33N5O. The number of aromatic amines is 1. The van der Waals surface area contributed by atoms with Crippen molar-refractivity contribution in [2.75, 3.05) is 54.0 Å². The Morgan fingerprint density at radius 2 is 2.04 bits per heavy atom. The Bertz CT molecular complexity index is 695. The number of aliphatic imine (C=N–C) groups is 1. The monoisotopic (exact) mass is 359 g/mol. The molecule has 26 heavy (non-hydrogen) atoms. The van der Waals surface area contributed by atoms with Crippen LogP contribution in [0.15, 0.2) is 29.4 Å². The van der Waals surface area contributed by atoms with Crippen LogP contribution in [0, 0.1) is 6.92 Å². The number of H-pyrrole nitrogens is 1. The SMILES string of the molecule is CN=C(NCCc1c[nH]c2cc(C)ccc12)NCCN(C)CCCOC. The van der Waals surface area contributed by atoms with Crippen molar-refractivity contribution < 1.29 is 4.74 Å². The Balaban J connectivity index is 1.70. The van der Waals surface area contributed by atoms with Gasteiger partial charge in [-0.2, -0.15) is 0 Å². The zero-order chi connectivity index (χ0) is 18.8. The highest BCUT2D eigenvalue weighted by molar-refractivity contribution is 5.84. The molecule has 0 radical (unpaired) electrons. The van der Waals surface area contributed by atoms with Crippen LogP contribution in [0.5, 0.6) is 0 Å². The number of nitrogens with one attached hydrogen (secondary N) is 3. The number of hydrogen-bond acceptors (Lipinski definition) is 3. The number of aromatic nitrogens is 1. The van der Waals surface area contributed by atoms with Gasteiger partial charge in [-0.3, -0.25) is 4.99 Å². The fourth-order valence-corrected chi connectivity index (χ4v) is 3.00. The van der Waals surface area contributed by atoms with Crippen molar-refractivity contribution in [3.63, 3.8) is 0 Å². The minimum Gasteiger partial charge on any atom is -0.385 e.